The van der Waals surface area contributed by atoms with Gasteiger partial charge in [-0.15, -0.1) is 0 Å². The van der Waals surface area contributed by atoms with Gasteiger partial charge < -0.3 is 4.57 Å². The Bertz CT molecular complexity index is 492. The van der Waals surface area contributed by atoms with Crippen LogP contribution in [0.1, 0.15) is 12.7 Å². The van der Waals surface area contributed by atoms with Crippen LogP contribution in [0, 0.1) is 6.92 Å². The SMILES string of the molecule is CCn1c(C)nc2nc(Cl)nc(Cl)c21. The monoisotopic (exact) mass is 230 g/mol. The molecular formula is C8H8Cl2N4. The lowest BCUT2D eigenvalue weighted by atomic mass is 10.5. The summed E-state index contributed by atoms with van der Waals surface area (Å²) in [5, 5.41) is 0.478. The van der Waals surface area contributed by atoms with Gasteiger partial charge in [-0.3, -0.25) is 0 Å². The van der Waals surface area contributed by atoms with Crippen LogP contribution < -0.4 is 0 Å². The Morgan fingerprint density at radius 3 is 2.57 bits per heavy atom. The number of rotatable bonds is 1. The quantitative estimate of drug-likeness (QED) is 0.559. The maximum atomic E-state index is 5.96. The zero-order valence-electron chi connectivity index (χ0n) is 7.75. The van der Waals surface area contributed by atoms with Crippen molar-refractivity contribution in [1.29, 1.82) is 0 Å². The molecule has 0 aliphatic carbocycles. The lowest BCUT2D eigenvalue weighted by molar-refractivity contribution is 0.752. The number of nitrogens with zero attached hydrogens (tertiary/aromatic N) is 4. The third-order valence-corrected chi connectivity index (χ3v) is 2.47. The summed E-state index contributed by atoms with van der Waals surface area (Å²) >= 11 is 11.6. The third kappa shape index (κ3) is 1.35. The minimum atomic E-state index is 0.128. The van der Waals surface area contributed by atoms with Gasteiger partial charge in [0.25, 0.3) is 0 Å². The summed E-state index contributed by atoms with van der Waals surface area (Å²) in [5.41, 5.74) is 1.30. The molecule has 0 aliphatic rings. The first-order chi connectivity index (χ1) is 6.63. The van der Waals surface area contributed by atoms with E-state index in [1.54, 1.807) is 0 Å². The molecule has 0 saturated heterocycles. The first-order valence-corrected chi connectivity index (χ1v) is 4.95. The molecule has 0 radical (unpaired) electrons. The summed E-state index contributed by atoms with van der Waals surface area (Å²) in [6.45, 7) is 4.70. The van der Waals surface area contributed by atoms with Gasteiger partial charge in [0.1, 0.15) is 11.3 Å². The highest BCUT2D eigenvalue weighted by atomic mass is 35.5. The van der Waals surface area contributed by atoms with Crippen LogP contribution in [-0.4, -0.2) is 19.5 Å². The first-order valence-electron chi connectivity index (χ1n) is 4.19. The molecular weight excluding hydrogens is 223 g/mol. The van der Waals surface area contributed by atoms with Crippen LogP contribution in [0.15, 0.2) is 0 Å². The van der Waals surface area contributed by atoms with Gasteiger partial charge in [-0.1, -0.05) is 11.6 Å². The molecule has 0 fully saturated rings. The molecule has 2 heterocycles. The minimum Gasteiger partial charge on any atom is -0.325 e. The van der Waals surface area contributed by atoms with Gasteiger partial charge in [-0.2, -0.15) is 4.98 Å². The van der Waals surface area contributed by atoms with Crippen LogP contribution >= 0.6 is 23.2 Å². The van der Waals surface area contributed by atoms with E-state index in [4.69, 9.17) is 23.2 Å². The van der Waals surface area contributed by atoms with Crippen molar-refractivity contribution >= 4 is 34.4 Å². The van der Waals surface area contributed by atoms with Crippen molar-refractivity contribution in [2.45, 2.75) is 20.4 Å². The van der Waals surface area contributed by atoms with E-state index < -0.39 is 0 Å². The molecule has 0 atom stereocenters. The number of hydrogen-bond donors (Lipinski definition) is 0. The smallest absolute Gasteiger partial charge is 0.225 e. The van der Waals surface area contributed by atoms with E-state index in [0.29, 0.717) is 10.8 Å². The maximum Gasteiger partial charge on any atom is 0.225 e. The van der Waals surface area contributed by atoms with Gasteiger partial charge in [0, 0.05) is 6.54 Å². The van der Waals surface area contributed by atoms with Crippen LogP contribution in [0.3, 0.4) is 0 Å². The lowest BCUT2D eigenvalue weighted by Crippen LogP contribution is -1.97. The summed E-state index contributed by atoms with van der Waals surface area (Å²) in [4.78, 5) is 12.1. The predicted molar refractivity (Wildman–Crippen MR) is 55.8 cm³/mol. The second-order valence-electron chi connectivity index (χ2n) is 2.86. The highest BCUT2D eigenvalue weighted by molar-refractivity contribution is 6.35. The molecule has 0 aliphatic heterocycles. The fraction of sp³-hybridized carbons (Fsp3) is 0.375. The number of fused-ring (bicyclic) bond motifs is 1. The normalized spacial score (nSPS) is 11.1. The van der Waals surface area contributed by atoms with E-state index in [1.807, 2.05) is 18.4 Å². The first kappa shape index (κ1) is 9.68. The Morgan fingerprint density at radius 2 is 1.93 bits per heavy atom. The van der Waals surface area contributed by atoms with Crippen LogP contribution in [0.25, 0.3) is 11.2 Å². The van der Waals surface area contributed by atoms with E-state index in [2.05, 4.69) is 15.0 Å². The average Bonchev–Trinajstić information content (AvgIpc) is 2.40. The standard InChI is InChI=1S/C8H8Cl2N4/c1-3-14-4(2)11-7-5(14)6(9)12-8(10)13-7/h3H2,1-2H3. The van der Waals surface area contributed by atoms with E-state index in [0.717, 1.165) is 17.9 Å². The van der Waals surface area contributed by atoms with Crippen LogP contribution in [0.2, 0.25) is 10.4 Å². The highest BCUT2D eigenvalue weighted by Crippen LogP contribution is 2.22. The Hall–Kier alpha value is -0.870. The summed E-state index contributed by atoms with van der Waals surface area (Å²) in [6, 6.07) is 0. The summed E-state index contributed by atoms with van der Waals surface area (Å²) in [6.07, 6.45) is 0. The van der Waals surface area contributed by atoms with E-state index in [-0.39, 0.29) is 5.28 Å². The predicted octanol–water partition coefficient (Wildman–Crippen LogP) is 2.46. The Morgan fingerprint density at radius 1 is 1.21 bits per heavy atom. The highest BCUT2D eigenvalue weighted by Gasteiger charge is 2.12. The summed E-state index contributed by atoms with van der Waals surface area (Å²) < 4.78 is 1.95. The second kappa shape index (κ2) is 3.37. The Balaban J connectivity index is 2.88. The van der Waals surface area contributed by atoms with Crippen LogP contribution in [0.4, 0.5) is 0 Å². The van der Waals surface area contributed by atoms with Gasteiger partial charge in [-0.25, -0.2) is 9.97 Å². The van der Waals surface area contributed by atoms with Crippen molar-refractivity contribution in [2.75, 3.05) is 0 Å². The second-order valence-corrected chi connectivity index (χ2v) is 3.56. The van der Waals surface area contributed by atoms with Crippen molar-refractivity contribution in [3.05, 3.63) is 16.3 Å². The Kier molecular flexibility index (Phi) is 2.33. The topological polar surface area (TPSA) is 43.6 Å². The molecule has 2 rings (SSSR count). The molecule has 6 heteroatoms. The van der Waals surface area contributed by atoms with E-state index >= 15 is 0 Å². The van der Waals surface area contributed by atoms with Gasteiger partial charge in [-0.05, 0) is 25.4 Å². The molecule has 0 aromatic carbocycles. The molecule has 0 unspecified atom stereocenters. The molecule has 0 spiro atoms. The van der Waals surface area contributed by atoms with Crippen molar-refractivity contribution in [3.8, 4) is 0 Å². The molecule has 0 amide bonds. The molecule has 0 saturated carbocycles. The number of hydrogen-bond acceptors (Lipinski definition) is 3. The van der Waals surface area contributed by atoms with Crippen LogP contribution in [0.5, 0.6) is 0 Å². The van der Waals surface area contributed by atoms with Gasteiger partial charge in [0.2, 0.25) is 5.28 Å². The average molecular weight is 231 g/mol. The maximum absolute atomic E-state index is 5.96. The van der Waals surface area contributed by atoms with Gasteiger partial charge in [0.15, 0.2) is 10.8 Å². The zero-order valence-corrected chi connectivity index (χ0v) is 9.26. The van der Waals surface area contributed by atoms with Crippen molar-refractivity contribution < 1.29 is 0 Å². The molecule has 4 nitrogen and oxygen atoms in total. The van der Waals surface area contributed by atoms with Gasteiger partial charge >= 0.3 is 0 Å². The molecule has 0 N–H and O–H groups in total. The summed E-state index contributed by atoms with van der Waals surface area (Å²) in [7, 11) is 0. The largest absolute Gasteiger partial charge is 0.325 e. The number of aromatic nitrogens is 4. The fourth-order valence-electron chi connectivity index (χ4n) is 1.46. The van der Waals surface area contributed by atoms with E-state index in [1.165, 1.54) is 0 Å². The zero-order chi connectivity index (χ0) is 10.3. The van der Waals surface area contributed by atoms with E-state index in [9.17, 15) is 0 Å². The summed E-state index contributed by atoms with van der Waals surface area (Å²) in [5.74, 6) is 0.862. The van der Waals surface area contributed by atoms with Crippen molar-refractivity contribution in [1.82, 2.24) is 19.5 Å². The molecule has 2 aromatic rings. The number of halogens is 2. The number of aryl methyl sites for hydroxylation is 2. The number of imidazole rings is 1. The molecule has 2 aromatic heterocycles. The Labute approximate surface area is 90.9 Å². The molecule has 0 bridgehead atoms. The molecule has 74 valence electrons. The van der Waals surface area contributed by atoms with Crippen LogP contribution in [-0.2, 0) is 6.54 Å². The third-order valence-electron chi connectivity index (χ3n) is 2.04. The fourth-order valence-corrected chi connectivity index (χ4v) is 1.94. The molecule has 14 heavy (non-hydrogen) atoms. The van der Waals surface area contributed by atoms with Crippen molar-refractivity contribution in [2.24, 2.45) is 0 Å². The minimum absolute atomic E-state index is 0.128. The lowest BCUT2D eigenvalue weighted by Gasteiger charge is -2.01. The van der Waals surface area contributed by atoms with Gasteiger partial charge in [0.05, 0.1) is 0 Å². The van der Waals surface area contributed by atoms with Crippen molar-refractivity contribution in [3.63, 3.8) is 0 Å².